The number of ether oxygens (including phenoxy) is 2. The summed E-state index contributed by atoms with van der Waals surface area (Å²) in [5.41, 5.74) is 3.29. The van der Waals surface area contributed by atoms with Gasteiger partial charge in [-0.1, -0.05) is 41.9 Å². The molecule has 2 heterocycles. The molecule has 1 atom stereocenters. The smallest absolute Gasteiger partial charge is 0.264 e. The molecule has 144 valence electrons. The van der Waals surface area contributed by atoms with Crippen molar-refractivity contribution in [1.29, 1.82) is 0 Å². The van der Waals surface area contributed by atoms with Gasteiger partial charge in [-0.2, -0.15) is 0 Å². The minimum Gasteiger partial charge on any atom is -0.493 e. The van der Waals surface area contributed by atoms with Crippen molar-refractivity contribution >= 4 is 28.8 Å². The molecule has 0 radical (unpaired) electrons. The Morgan fingerprint density at radius 2 is 1.79 bits per heavy atom. The number of nitrogens with zero attached hydrogens (tertiary/aromatic N) is 1. The zero-order valence-corrected chi connectivity index (χ0v) is 17.2. The third-order valence-corrected chi connectivity index (χ3v) is 6.25. The topological polar surface area (TPSA) is 38.8 Å². The summed E-state index contributed by atoms with van der Waals surface area (Å²) in [5, 5.41) is 0. The molecule has 6 heteroatoms. The van der Waals surface area contributed by atoms with Crippen LogP contribution in [0, 0.1) is 0 Å². The van der Waals surface area contributed by atoms with Gasteiger partial charge in [0.2, 0.25) is 0 Å². The molecule has 0 unspecified atom stereocenters. The van der Waals surface area contributed by atoms with Crippen molar-refractivity contribution in [3.63, 3.8) is 0 Å². The molecule has 2 aromatic carbocycles. The first-order valence-corrected chi connectivity index (χ1v) is 10.2. The molecule has 1 aliphatic rings. The van der Waals surface area contributed by atoms with Gasteiger partial charge >= 0.3 is 0 Å². The third kappa shape index (κ3) is 3.36. The number of thiophene rings is 1. The van der Waals surface area contributed by atoms with Crippen molar-refractivity contribution < 1.29 is 14.3 Å². The quantitative estimate of drug-likeness (QED) is 0.589. The van der Waals surface area contributed by atoms with E-state index < -0.39 is 0 Å². The molecule has 3 aromatic rings. The minimum atomic E-state index is -0.196. The predicted molar refractivity (Wildman–Crippen MR) is 112 cm³/mol. The second-order valence-corrected chi connectivity index (χ2v) is 8.29. The van der Waals surface area contributed by atoms with E-state index in [9.17, 15) is 4.79 Å². The number of halogens is 1. The van der Waals surface area contributed by atoms with Crippen LogP contribution in [0.1, 0.15) is 32.4 Å². The normalized spacial score (nSPS) is 15.8. The summed E-state index contributed by atoms with van der Waals surface area (Å²) in [7, 11) is 3.26. The van der Waals surface area contributed by atoms with Crippen molar-refractivity contribution in [3.05, 3.63) is 80.5 Å². The first-order chi connectivity index (χ1) is 13.6. The van der Waals surface area contributed by atoms with Crippen LogP contribution in [0.15, 0.2) is 54.6 Å². The van der Waals surface area contributed by atoms with Crippen LogP contribution >= 0.6 is 22.9 Å². The highest BCUT2D eigenvalue weighted by Crippen LogP contribution is 2.41. The van der Waals surface area contributed by atoms with E-state index in [1.165, 1.54) is 16.9 Å². The van der Waals surface area contributed by atoms with Crippen LogP contribution < -0.4 is 9.47 Å². The van der Waals surface area contributed by atoms with Gasteiger partial charge in [-0.15, -0.1) is 11.3 Å². The summed E-state index contributed by atoms with van der Waals surface area (Å²) >= 11 is 7.38. The fraction of sp³-hybridized carbons (Fsp3) is 0.227. The summed E-state index contributed by atoms with van der Waals surface area (Å²) < 4.78 is 11.6. The number of fused-ring (bicyclic) bond motifs is 1. The lowest BCUT2D eigenvalue weighted by Gasteiger charge is -2.38. The maximum atomic E-state index is 13.3. The standard InChI is InChI=1S/C22H20ClNO3S/c1-26-17-12-15-10-11-24(22(25)19-8-9-20(23)28-19)21(14-6-4-3-5-7-14)16(15)13-18(17)27-2/h3-9,12-13,21H,10-11H2,1-2H3/t21-/m1/s1. The Labute approximate surface area is 173 Å². The van der Waals surface area contributed by atoms with E-state index in [1.54, 1.807) is 26.4 Å². The number of benzene rings is 2. The van der Waals surface area contributed by atoms with Gasteiger partial charge in [-0.3, -0.25) is 4.79 Å². The Morgan fingerprint density at radius 1 is 1.07 bits per heavy atom. The van der Waals surface area contributed by atoms with Gasteiger partial charge in [-0.25, -0.2) is 0 Å². The van der Waals surface area contributed by atoms with Crippen LogP contribution in [-0.4, -0.2) is 31.6 Å². The zero-order chi connectivity index (χ0) is 19.7. The number of rotatable bonds is 4. The Bertz CT molecular complexity index is 1000. The molecule has 0 N–H and O–H groups in total. The molecular formula is C22H20ClNO3S. The third-order valence-electron chi connectivity index (χ3n) is 5.03. The van der Waals surface area contributed by atoms with Crippen molar-refractivity contribution in [1.82, 2.24) is 4.90 Å². The maximum Gasteiger partial charge on any atom is 0.264 e. The zero-order valence-electron chi connectivity index (χ0n) is 15.6. The Balaban J connectivity index is 1.84. The minimum absolute atomic E-state index is 0.00816. The van der Waals surface area contributed by atoms with Crippen LogP contribution in [-0.2, 0) is 6.42 Å². The predicted octanol–water partition coefficient (Wildman–Crippen LogP) is 5.21. The van der Waals surface area contributed by atoms with Crippen molar-refractivity contribution in [2.45, 2.75) is 12.5 Å². The van der Waals surface area contributed by atoms with Crippen LogP contribution in [0.2, 0.25) is 4.34 Å². The lowest BCUT2D eigenvalue weighted by molar-refractivity contribution is 0.0699. The molecule has 1 aromatic heterocycles. The second kappa shape index (κ2) is 7.86. The van der Waals surface area contributed by atoms with Gasteiger partial charge in [0.25, 0.3) is 5.91 Å². The highest BCUT2D eigenvalue weighted by molar-refractivity contribution is 7.17. The lowest BCUT2D eigenvalue weighted by atomic mass is 9.87. The van der Waals surface area contributed by atoms with Gasteiger partial charge in [0.15, 0.2) is 11.5 Å². The number of hydrogen-bond donors (Lipinski definition) is 0. The van der Waals surface area contributed by atoms with E-state index in [0.717, 1.165) is 17.5 Å². The number of amides is 1. The summed E-state index contributed by atoms with van der Waals surface area (Å²) in [6, 6.07) is 17.5. The number of carbonyl (C=O) groups excluding carboxylic acids is 1. The van der Waals surface area contributed by atoms with Crippen molar-refractivity contribution in [2.24, 2.45) is 0 Å². The largest absolute Gasteiger partial charge is 0.493 e. The van der Waals surface area contributed by atoms with Crippen molar-refractivity contribution in [2.75, 3.05) is 20.8 Å². The highest BCUT2D eigenvalue weighted by Gasteiger charge is 2.34. The molecule has 1 amide bonds. The Morgan fingerprint density at radius 3 is 2.43 bits per heavy atom. The van der Waals surface area contributed by atoms with Gasteiger partial charge in [0, 0.05) is 6.54 Å². The van der Waals surface area contributed by atoms with Crippen LogP contribution in [0.25, 0.3) is 0 Å². The monoisotopic (exact) mass is 413 g/mol. The summed E-state index contributed by atoms with van der Waals surface area (Å²) in [5.74, 6) is 1.36. The fourth-order valence-corrected chi connectivity index (χ4v) is 4.73. The average molecular weight is 414 g/mol. The second-order valence-electron chi connectivity index (χ2n) is 6.57. The van der Waals surface area contributed by atoms with Gasteiger partial charge in [-0.05, 0) is 47.4 Å². The molecular weight excluding hydrogens is 394 g/mol. The van der Waals surface area contributed by atoms with Crippen molar-refractivity contribution in [3.8, 4) is 11.5 Å². The number of hydrogen-bond acceptors (Lipinski definition) is 4. The first kappa shape index (κ1) is 18.8. The molecule has 28 heavy (non-hydrogen) atoms. The molecule has 0 spiro atoms. The van der Waals surface area contributed by atoms with Crippen LogP contribution in [0.4, 0.5) is 0 Å². The maximum absolute atomic E-state index is 13.3. The molecule has 0 aliphatic carbocycles. The van der Waals surface area contributed by atoms with Gasteiger partial charge < -0.3 is 14.4 Å². The average Bonchev–Trinajstić information content (AvgIpc) is 3.18. The molecule has 0 fully saturated rings. The van der Waals surface area contributed by atoms with E-state index in [1.807, 2.05) is 35.2 Å². The van der Waals surface area contributed by atoms with Gasteiger partial charge in [0.1, 0.15) is 0 Å². The Kier molecular flexibility index (Phi) is 5.29. The van der Waals surface area contributed by atoms with E-state index in [2.05, 4.69) is 12.1 Å². The van der Waals surface area contributed by atoms with Crippen LogP contribution in [0.3, 0.4) is 0 Å². The molecule has 0 bridgehead atoms. The Hall–Kier alpha value is -2.50. The van der Waals surface area contributed by atoms with E-state index in [4.69, 9.17) is 21.1 Å². The molecule has 0 saturated heterocycles. The molecule has 4 rings (SSSR count). The summed E-state index contributed by atoms with van der Waals surface area (Å²) in [6.45, 7) is 0.621. The van der Waals surface area contributed by atoms with Crippen LogP contribution in [0.5, 0.6) is 11.5 Å². The number of carbonyl (C=O) groups is 1. The lowest BCUT2D eigenvalue weighted by Crippen LogP contribution is -2.40. The van der Waals surface area contributed by atoms with E-state index in [0.29, 0.717) is 27.3 Å². The van der Waals surface area contributed by atoms with Gasteiger partial charge in [0.05, 0.1) is 29.5 Å². The fourth-order valence-electron chi connectivity index (χ4n) is 3.73. The van der Waals surface area contributed by atoms with E-state index >= 15 is 0 Å². The summed E-state index contributed by atoms with van der Waals surface area (Å²) in [6.07, 6.45) is 0.754. The molecule has 1 aliphatic heterocycles. The summed E-state index contributed by atoms with van der Waals surface area (Å²) in [4.78, 5) is 15.9. The molecule has 0 saturated carbocycles. The highest BCUT2D eigenvalue weighted by atomic mass is 35.5. The van der Waals surface area contributed by atoms with E-state index in [-0.39, 0.29) is 11.9 Å². The number of methoxy groups -OCH3 is 2. The molecule has 4 nitrogen and oxygen atoms in total. The SMILES string of the molecule is COc1cc2c(cc1OC)[C@@H](c1ccccc1)N(C(=O)c1ccc(Cl)s1)CC2. The first-order valence-electron chi connectivity index (χ1n) is 8.98.